The molecule has 7 heteroatoms. The molecule has 0 saturated heterocycles. The maximum Gasteiger partial charge on any atom is 0.238 e. The molecule has 0 N–H and O–H groups in total. The van der Waals surface area contributed by atoms with Gasteiger partial charge in [-0.25, -0.2) is 4.98 Å². The first-order valence-corrected chi connectivity index (χ1v) is 21.0. The molecule has 0 aliphatic rings. The fourth-order valence-electron chi connectivity index (χ4n) is 8.67. The van der Waals surface area contributed by atoms with Crippen LogP contribution in [-0.2, 0) is 0 Å². The Labute approximate surface area is 329 Å². The zero-order chi connectivity index (χ0) is 37.8. The second-order valence-electron chi connectivity index (χ2n) is 14.2. The molecule has 0 amide bonds. The van der Waals surface area contributed by atoms with Gasteiger partial charge in [0.25, 0.3) is 0 Å². The molecular formula is C50H33N5OSi. The third-order valence-electron chi connectivity index (χ3n) is 11.1. The number of hydrogen-bond acceptors (Lipinski definition) is 5. The van der Waals surface area contributed by atoms with Crippen LogP contribution in [-0.4, -0.2) is 32.6 Å². The highest BCUT2D eigenvalue weighted by atomic mass is 28.3. The van der Waals surface area contributed by atoms with Gasteiger partial charge in [0.2, 0.25) is 5.95 Å². The van der Waals surface area contributed by atoms with E-state index in [0.717, 1.165) is 54.9 Å². The van der Waals surface area contributed by atoms with Gasteiger partial charge in [-0.1, -0.05) is 164 Å². The molecule has 11 rings (SSSR count). The molecule has 11 aromatic rings. The lowest BCUT2D eigenvalue weighted by Gasteiger charge is -2.34. The van der Waals surface area contributed by atoms with E-state index < -0.39 is 8.07 Å². The largest absolute Gasteiger partial charge is 0.456 e. The highest BCUT2D eigenvalue weighted by molar-refractivity contribution is 7.19. The SMILES string of the molecule is c1ccc([Si](c2ccccc2)(c2ccccc2)c2cccc(-c3nc(-c4cccc5oc6ccncc6c45)nc(-n4c5ccccc5c5ccccc54)n3)c2)cc1. The lowest BCUT2D eigenvalue weighted by Crippen LogP contribution is -2.74. The van der Waals surface area contributed by atoms with Crippen LogP contribution < -0.4 is 20.7 Å². The van der Waals surface area contributed by atoms with Crippen molar-refractivity contribution in [2.75, 3.05) is 0 Å². The zero-order valence-electron chi connectivity index (χ0n) is 30.7. The van der Waals surface area contributed by atoms with E-state index in [1.807, 2.05) is 24.4 Å². The summed E-state index contributed by atoms with van der Waals surface area (Å²) in [5.41, 5.74) is 5.32. The van der Waals surface area contributed by atoms with Crippen LogP contribution in [0.4, 0.5) is 0 Å². The maximum absolute atomic E-state index is 6.31. The van der Waals surface area contributed by atoms with E-state index >= 15 is 0 Å². The van der Waals surface area contributed by atoms with Gasteiger partial charge < -0.3 is 4.42 Å². The van der Waals surface area contributed by atoms with Crippen molar-refractivity contribution in [2.45, 2.75) is 0 Å². The number of rotatable bonds is 7. The molecule has 7 aromatic carbocycles. The van der Waals surface area contributed by atoms with Crippen molar-refractivity contribution >= 4 is 72.6 Å². The van der Waals surface area contributed by atoms with Gasteiger partial charge in [-0.3, -0.25) is 9.55 Å². The summed E-state index contributed by atoms with van der Waals surface area (Å²) < 4.78 is 8.48. The molecule has 0 unspecified atom stereocenters. The summed E-state index contributed by atoms with van der Waals surface area (Å²) in [4.78, 5) is 20.5. The summed E-state index contributed by atoms with van der Waals surface area (Å²) in [5.74, 6) is 1.68. The molecule has 0 radical (unpaired) electrons. The average Bonchev–Trinajstić information content (AvgIpc) is 3.84. The van der Waals surface area contributed by atoms with E-state index in [1.165, 1.54) is 20.7 Å². The normalized spacial score (nSPS) is 11.9. The Hall–Kier alpha value is -7.48. The van der Waals surface area contributed by atoms with Crippen LogP contribution >= 0.6 is 0 Å². The third kappa shape index (κ3) is 5.24. The fourth-order valence-corrected chi connectivity index (χ4v) is 13.5. The number of pyridine rings is 1. The molecule has 0 atom stereocenters. The number of para-hydroxylation sites is 2. The van der Waals surface area contributed by atoms with Gasteiger partial charge in [-0.15, -0.1) is 0 Å². The highest BCUT2D eigenvalue weighted by Gasteiger charge is 2.41. The molecule has 0 saturated carbocycles. The number of benzene rings is 7. The molecule has 4 aromatic heterocycles. The number of nitrogens with zero attached hydrogens (tertiary/aromatic N) is 5. The summed E-state index contributed by atoms with van der Waals surface area (Å²) in [6.07, 6.45) is 3.60. The fraction of sp³-hybridized carbons (Fsp3) is 0. The van der Waals surface area contributed by atoms with Crippen LogP contribution in [0.5, 0.6) is 0 Å². The van der Waals surface area contributed by atoms with Crippen molar-refractivity contribution in [3.63, 3.8) is 0 Å². The van der Waals surface area contributed by atoms with Gasteiger partial charge >= 0.3 is 0 Å². The van der Waals surface area contributed by atoms with Crippen molar-refractivity contribution < 1.29 is 4.42 Å². The number of hydrogen-bond donors (Lipinski definition) is 0. The molecule has 0 spiro atoms. The van der Waals surface area contributed by atoms with Crippen LogP contribution in [0.2, 0.25) is 0 Å². The number of fused-ring (bicyclic) bond motifs is 6. The van der Waals surface area contributed by atoms with Crippen molar-refractivity contribution in [1.29, 1.82) is 0 Å². The summed E-state index contributed by atoms with van der Waals surface area (Å²) in [7, 11) is -2.83. The monoisotopic (exact) mass is 747 g/mol. The minimum atomic E-state index is -2.83. The van der Waals surface area contributed by atoms with Crippen molar-refractivity contribution in [3.05, 3.63) is 200 Å². The summed E-state index contributed by atoms with van der Waals surface area (Å²) in [5, 5.41) is 9.24. The van der Waals surface area contributed by atoms with Crippen molar-refractivity contribution in [3.8, 4) is 28.7 Å². The molecular weight excluding hydrogens is 715 g/mol. The average molecular weight is 748 g/mol. The van der Waals surface area contributed by atoms with E-state index in [0.29, 0.717) is 17.6 Å². The van der Waals surface area contributed by atoms with Gasteiger partial charge in [0.05, 0.1) is 11.0 Å². The Kier molecular flexibility index (Phi) is 7.72. The predicted octanol–water partition coefficient (Wildman–Crippen LogP) is 8.97. The standard InChI is InChI=1S/C50H33N5OSi/c1-4-17-35(18-5-1)57(36-19-6-2-7-20-36,37-21-8-3-9-22-37)38-23-14-16-34(32-38)48-52-49(41-26-15-29-46-47(41)42-33-51-31-30-45(42)56-46)54-50(53-48)55-43-27-12-10-24-39(43)40-25-11-13-28-44(40)55/h1-33H. The first-order chi connectivity index (χ1) is 28.3. The van der Waals surface area contributed by atoms with E-state index in [1.54, 1.807) is 6.20 Å². The third-order valence-corrected chi connectivity index (χ3v) is 15.9. The lowest BCUT2D eigenvalue weighted by molar-refractivity contribution is 0.668. The van der Waals surface area contributed by atoms with Crippen LogP contribution in [0.15, 0.2) is 205 Å². The predicted molar refractivity (Wildman–Crippen MR) is 234 cm³/mol. The van der Waals surface area contributed by atoms with Gasteiger partial charge in [0.15, 0.2) is 19.7 Å². The van der Waals surface area contributed by atoms with Crippen LogP contribution in [0, 0.1) is 0 Å². The highest BCUT2D eigenvalue weighted by Crippen LogP contribution is 2.37. The molecule has 0 bridgehead atoms. The van der Waals surface area contributed by atoms with Gasteiger partial charge in [-0.2, -0.15) is 9.97 Å². The Bertz CT molecular complexity index is 3100. The molecule has 0 aliphatic heterocycles. The lowest BCUT2D eigenvalue weighted by atomic mass is 10.1. The van der Waals surface area contributed by atoms with Crippen LogP contribution in [0.1, 0.15) is 0 Å². The summed E-state index contributed by atoms with van der Waals surface area (Å²) in [6, 6.07) is 66.6. The molecule has 0 fully saturated rings. The maximum atomic E-state index is 6.31. The topological polar surface area (TPSA) is 69.6 Å². The minimum Gasteiger partial charge on any atom is -0.456 e. The Morgan fingerprint density at radius 3 is 1.65 bits per heavy atom. The first kappa shape index (κ1) is 32.9. The van der Waals surface area contributed by atoms with Crippen LogP contribution in [0.25, 0.3) is 72.5 Å². The minimum absolute atomic E-state index is 0.540. The molecule has 57 heavy (non-hydrogen) atoms. The number of furan rings is 1. The molecule has 6 nitrogen and oxygen atoms in total. The summed E-state index contributed by atoms with van der Waals surface area (Å²) in [6.45, 7) is 0. The van der Waals surface area contributed by atoms with E-state index in [2.05, 4.69) is 179 Å². The Morgan fingerprint density at radius 2 is 1.00 bits per heavy atom. The van der Waals surface area contributed by atoms with Crippen LogP contribution in [0.3, 0.4) is 0 Å². The Balaban J connectivity index is 1.21. The van der Waals surface area contributed by atoms with Crippen molar-refractivity contribution in [1.82, 2.24) is 24.5 Å². The van der Waals surface area contributed by atoms with Crippen molar-refractivity contribution in [2.24, 2.45) is 0 Å². The molecule has 268 valence electrons. The number of aromatic nitrogens is 5. The second-order valence-corrected chi connectivity index (χ2v) is 18.0. The van der Waals surface area contributed by atoms with E-state index in [-0.39, 0.29) is 0 Å². The van der Waals surface area contributed by atoms with Gasteiger partial charge in [0, 0.05) is 45.1 Å². The molecule has 0 aliphatic carbocycles. The summed E-state index contributed by atoms with van der Waals surface area (Å²) >= 11 is 0. The van der Waals surface area contributed by atoms with Gasteiger partial charge in [-0.05, 0) is 45.0 Å². The van der Waals surface area contributed by atoms with E-state index in [9.17, 15) is 0 Å². The van der Waals surface area contributed by atoms with Gasteiger partial charge in [0.1, 0.15) is 11.2 Å². The second kappa shape index (κ2) is 13.4. The quantitative estimate of drug-likeness (QED) is 0.120. The zero-order valence-corrected chi connectivity index (χ0v) is 31.7. The Morgan fingerprint density at radius 1 is 0.439 bits per heavy atom. The van der Waals surface area contributed by atoms with E-state index in [4.69, 9.17) is 19.4 Å². The smallest absolute Gasteiger partial charge is 0.238 e. The molecule has 4 heterocycles. The first-order valence-electron chi connectivity index (χ1n) is 19.0.